The third-order valence-corrected chi connectivity index (χ3v) is 6.75. The summed E-state index contributed by atoms with van der Waals surface area (Å²) in [6.07, 6.45) is -11.1. The Morgan fingerprint density at radius 1 is 1.00 bits per heavy atom. The summed E-state index contributed by atoms with van der Waals surface area (Å²) in [5.74, 6) is -1.57. The summed E-state index contributed by atoms with van der Waals surface area (Å²) in [6, 6.07) is 1.98. The van der Waals surface area contributed by atoms with E-state index in [1.165, 1.54) is 13.0 Å². The van der Waals surface area contributed by atoms with Crippen molar-refractivity contribution in [1.29, 1.82) is 0 Å². The molecule has 2 amide bonds. The second-order valence-electron chi connectivity index (χ2n) is 9.78. The van der Waals surface area contributed by atoms with Crippen molar-refractivity contribution in [2.75, 3.05) is 4.90 Å². The van der Waals surface area contributed by atoms with E-state index in [0.717, 1.165) is 22.8 Å². The van der Waals surface area contributed by atoms with Crippen molar-refractivity contribution < 1.29 is 45.4 Å². The fourth-order valence-electron chi connectivity index (χ4n) is 4.91. The summed E-state index contributed by atoms with van der Waals surface area (Å²) in [7, 11) is 0. The molecule has 2 unspecified atom stereocenters. The van der Waals surface area contributed by atoms with Gasteiger partial charge in [-0.3, -0.25) is 9.69 Å². The van der Waals surface area contributed by atoms with Crippen molar-refractivity contribution in [1.82, 2.24) is 4.90 Å². The molecule has 0 aliphatic carbocycles. The van der Waals surface area contributed by atoms with Gasteiger partial charge in [-0.2, -0.15) is 26.3 Å². The molecule has 0 saturated heterocycles. The second kappa shape index (κ2) is 10.5. The zero-order valence-electron chi connectivity index (χ0n) is 21.0. The Hall–Kier alpha value is -3.31. The standard InChI is InChI=1S/C26H27F7N2O3/c1-13(2)21-5-6-22(19-7-14(3)20(27)11-23(19)35(21)24(37)38)34(15(4)36)12-16-8-17(25(28,29)30)10-18(9-16)26(31,32)33/h7-11,13,21-22H,5-6,12H2,1-4H3,(H,37,38). The fourth-order valence-corrected chi connectivity index (χ4v) is 4.91. The Balaban J connectivity index is 2.19. The van der Waals surface area contributed by atoms with Gasteiger partial charge in [-0.25, -0.2) is 9.18 Å². The topological polar surface area (TPSA) is 60.9 Å². The molecule has 1 heterocycles. The highest BCUT2D eigenvalue weighted by atomic mass is 19.4. The minimum Gasteiger partial charge on any atom is -0.465 e. The number of carboxylic acid groups (broad SMARTS) is 1. The number of rotatable bonds is 4. The number of carbonyl (C=O) groups is 2. The van der Waals surface area contributed by atoms with Gasteiger partial charge in [0.25, 0.3) is 0 Å². The van der Waals surface area contributed by atoms with Gasteiger partial charge in [0.05, 0.1) is 22.9 Å². The monoisotopic (exact) mass is 548 g/mol. The molecule has 0 aromatic heterocycles. The maximum atomic E-state index is 14.6. The minimum absolute atomic E-state index is 0.00661. The van der Waals surface area contributed by atoms with Gasteiger partial charge < -0.3 is 10.0 Å². The van der Waals surface area contributed by atoms with E-state index < -0.39 is 65.5 Å². The molecule has 208 valence electrons. The molecule has 0 radical (unpaired) electrons. The van der Waals surface area contributed by atoms with E-state index in [9.17, 15) is 45.4 Å². The first-order chi connectivity index (χ1) is 17.4. The van der Waals surface area contributed by atoms with E-state index in [0.29, 0.717) is 12.1 Å². The van der Waals surface area contributed by atoms with Gasteiger partial charge in [-0.15, -0.1) is 0 Å². The number of alkyl halides is 6. The number of nitrogens with zero attached hydrogens (tertiary/aromatic N) is 2. The lowest BCUT2D eigenvalue weighted by molar-refractivity contribution is -0.143. The Bertz CT molecular complexity index is 1190. The van der Waals surface area contributed by atoms with Crippen LogP contribution in [0.3, 0.4) is 0 Å². The number of halogens is 7. The molecule has 3 rings (SSSR count). The number of fused-ring (bicyclic) bond motifs is 1. The molecule has 0 spiro atoms. The number of hydrogen-bond acceptors (Lipinski definition) is 2. The maximum Gasteiger partial charge on any atom is 0.416 e. The highest BCUT2D eigenvalue weighted by molar-refractivity contribution is 5.89. The fraction of sp³-hybridized carbons (Fsp3) is 0.462. The van der Waals surface area contributed by atoms with E-state index in [1.54, 1.807) is 13.8 Å². The zero-order chi connectivity index (χ0) is 28.7. The lowest BCUT2D eigenvalue weighted by atomic mass is 9.94. The van der Waals surface area contributed by atoms with Gasteiger partial charge in [0.1, 0.15) is 5.82 Å². The van der Waals surface area contributed by atoms with E-state index in [4.69, 9.17) is 0 Å². The zero-order valence-corrected chi connectivity index (χ0v) is 21.0. The average molecular weight is 548 g/mol. The van der Waals surface area contributed by atoms with Crippen molar-refractivity contribution in [2.24, 2.45) is 5.92 Å². The van der Waals surface area contributed by atoms with Crippen LogP contribution in [-0.2, 0) is 23.7 Å². The van der Waals surface area contributed by atoms with E-state index >= 15 is 0 Å². The van der Waals surface area contributed by atoms with Crippen molar-refractivity contribution in [3.63, 3.8) is 0 Å². The van der Waals surface area contributed by atoms with Crippen LogP contribution in [0.2, 0.25) is 0 Å². The molecule has 2 aromatic carbocycles. The van der Waals surface area contributed by atoms with E-state index in [2.05, 4.69) is 0 Å². The predicted molar refractivity (Wildman–Crippen MR) is 125 cm³/mol. The normalized spacial score (nSPS) is 18.3. The first-order valence-corrected chi connectivity index (χ1v) is 11.8. The summed E-state index contributed by atoms with van der Waals surface area (Å²) < 4.78 is 95.1. The molecule has 5 nitrogen and oxygen atoms in total. The summed E-state index contributed by atoms with van der Waals surface area (Å²) in [5.41, 5.74) is -3.06. The first-order valence-electron chi connectivity index (χ1n) is 11.8. The molecule has 0 bridgehead atoms. The highest BCUT2D eigenvalue weighted by Gasteiger charge is 2.40. The smallest absolute Gasteiger partial charge is 0.416 e. The molecular weight excluding hydrogens is 521 g/mol. The van der Waals surface area contributed by atoms with Gasteiger partial charge in [0.15, 0.2) is 0 Å². The summed E-state index contributed by atoms with van der Waals surface area (Å²) in [4.78, 5) is 27.2. The number of aryl methyl sites for hydroxylation is 1. The van der Waals surface area contributed by atoms with Gasteiger partial charge in [-0.05, 0) is 72.7 Å². The largest absolute Gasteiger partial charge is 0.465 e. The van der Waals surface area contributed by atoms with Crippen molar-refractivity contribution in [2.45, 2.75) is 71.5 Å². The Labute approximate surface area is 214 Å². The SMILES string of the molecule is CC(=O)N(Cc1cc(C(F)(F)F)cc(C(F)(F)F)c1)C1CCC(C(C)C)N(C(=O)O)c2cc(F)c(C)cc21. The third-order valence-electron chi connectivity index (χ3n) is 6.75. The third kappa shape index (κ3) is 6.05. The molecule has 2 aromatic rings. The number of amides is 2. The quantitative estimate of drug-likeness (QED) is 0.401. The van der Waals surface area contributed by atoms with Gasteiger partial charge in [0, 0.05) is 19.5 Å². The predicted octanol–water partition coefficient (Wildman–Crippen LogP) is 7.56. The number of carbonyl (C=O) groups excluding carboxylic acids is 1. The lowest BCUT2D eigenvalue weighted by Crippen LogP contribution is -2.42. The second-order valence-corrected chi connectivity index (χ2v) is 9.78. The van der Waals surface area contributed by atoms with Crippen molar-refractivity contribution in [3.05, 3.63) is 64.0 Å². The van der Waals surface area contributed by atoms with Crippen molar-refractivity contribution >= 4 is 17.7 Å². The number of hydrogen-bond donors (Lipinski definition) is 1. The van der Waals surface area contributed by atoms with Crippen LogP contribution < -0.4 is 4.90 Å². The summed E-state index contributed by atoms with van der Waals surface area (Å²) >= 11 is 0. The minimum atomic E-state index is -5.06. The van der Waals surface area contributed by atoms with Crippen LogP contribution in [0.4, 0.5) is 41.2 Å². The molecule has 0 fully saturated rings. The first kappa shape index (κ1) is 29.2. The van der Waals surface area contributed by atoms with Gasteiger partial charge in [0.2, 0.25) is 5.91 Å². The Morgan fingerprint density at radius 3 is 2.00 bits per heavy atom. The molecule has 1 N–H and O–H groups in total. The average Bonchev–Trinajstić information content (AvgIpc) is 2.93. The highest BCUT2D eigenvalue weighted by Crippen LogP contribution is 2.43. The number of anilines is 1. The van der Waals surface area contributed by atoms with Crippen LogP contribution in [0.5, 0.6) is 0 Å². The molecule has 1 aliphatic heterocycles. The van der Waals surface area contributed by atoms with Crippen LogP contribution >= 0.6 is 0 Å². The van der Waals surface area contributed by atoms with Crippen LogP contribution in [0.25, 0.3) is 0 Å². The maximum absolute atomic E-state index is 14.6. The van der Waals surface area contributed by atoms with Gasteiger partial charge >= 0.3 is 18.4 Å². The molecular formula is C26H27F7N2O3. The van der Waals surface area contributed by atoms with Crippen LogP contribution in [0, 0.1) is 18.7 Å². The molecule has 2 atom stereocenters. The van der Waals surface area contributed by atoms with Gasteiger partial charge in [-0.1, -0.05) is 13.8 Å². The molecule has 38 heavy (non-hydrogen) atoms. The van der Waals surface area contributed by atoms with E-state index in [1.807, 2.05) is 0 Å². The Morgan fingerprint density at radius 2 is 1.55 bits per heavy atom. The van der Waals surface area contributed by atoms with E-state index in [-0.39, 0.29) is 41.6 Å². The summed E-state index contributed by atoms with van der Waals surface area (Å²) in [5, 5.41) is 9.98. The van der Waals surface area contributed by atoms with Crippen LogP contribution in [0.1, 0.15) is 67.5 Å². The molecule has 1 aliphatic rings. The Kier molecular flexibility index (Phi) is 8.05. The van der Waals surface area contributed by atoms with Crippen LogP contribution in [0.15, 0.2) is 30.3 Å². The van der Waals surface area contributed by atoms with Crippen LogP contribution in [-0.4, -0.2) is 28.0 Å². The molecule has 0 saturated carbocycles. The molecule has 12 heteroatoms. The summed E-state index contributed by atoms with van der Waals surface area (Å²) in [6.45, 7) is 5.49. The van der Waals surface area contributed by atoms with Crippen molar-refractivity contribution in [3.8, 4) is 0 Å². The number of benzene rings is 2. The lowest BCUT2D eigenvalue weighted by Gasteiger charge is -2.33.